The van der Waals surface area contributed by atoms with Crippen LogP contribution in [-0.2, 0) is 22.6 Å². The molecular weight excluding hydrogens is 340 g/mol. The molecule has 4 nitrogen and oxygen atoms in total. The largest absolute Gasteiger partial charge is 0.380 e. The van der Waals surface area contributed by atoms with E-state index in [1.807, 2.05) is 4.90 Å². The van der Waals surface area contributed by atoms with E-state index in [-0.39, 0.29) is 5.91 Å². The maximum absolute atomic E-state index is 12.0. The number of fused-ring (bicyclic) bond motifs is 1. The van der Waals surface area contributed by atoms with Gasteiger partial charge in [-0.25, -0.2) is 0 Å². The van der Waals surface area contributed by atoms with Gasteiger partial charge in [0.2, 0.25) is 5.91 Å². The van der Waals surface area contributed by atoms with Crippen LogP contribution >= 0.6 is 22.7 Å². The molecule has 2 aromatic rings. The van der Waals surface area contributed by atoms with Crippen molar-refractivity contribution in [3.63, 3.8) is 0 Å². The summed E-state index contributed by atoms with van der Waals surface area (Å²) in [6, 6.07) is 4.30. The minimum absolute atomic E-state index is 0.111. The Labute approximate surface area is 151 Å². The molecule has 1 aliphatic heterocycles. The van der Waals surface area contributed by atoms with Gasteiger partial charge in [0.1, 0.15) is 0 Å². The number of rotatable bonds is 2. The molecule has 0 atom stereocenters. The summed E-state index contributed by atoms with van der Waals surface area (Å²) >= 11 is 3.56. The summed E-state index contributed by atoms with van der Waals surface area (Å²) in [6.45, 7) is 8.40. The zero-order valence-electron chi connectivity index (χ0n) is 14.3. The first-order valence-electron chi connectivity index (χ1n) is 8.32. The third-order valence-electron chi connectivity index (χ3n) is 4.26. The van der Waals surface area contributed by atoms with Gasteiger partial charge >= 0.3 is 0 Å². The Morgan fingerprint density at radius 1 is 1.29 bits per heavy atom. The minimum Gasteiger partial charge on any atom is -0.380 e. The summed E-state index contributed by atoms with van der Waals surface area (Å²) in [5, 5.41) is 4.34. The average Bonchev–Trinajstić information content (AvgIpc) is 3.16. The second-order valence-corrected chi connectivity index (χ2v) is 8.09. The van der Waals surface area contributed by atoms with Gasteiger partial charge in [-0.05, 0) is 35.7 Å². The fourth-order valence-corrected chi connectivity index (χ4v) is 4.83. The molecule has 0 radical (unpaired) electrons. The van der Waals surface area contributed by atoms with Crippen LogP contribution in [0.15, 0.2) is 22.9 Å². The molecule has 24 heavy (non-hydrogen) atoms. The van der Waals surface area contributed by atoms with E-state index in [4.69, 9.17) is 4.74 Å². The van der Waals surface area contributed by atoms with Gasteiger partial charge in [0, 0.05) is 36.4 Å². The predicted octanol–water partition coefficient (Wildman–Crippen LogP) is 3.89. The van der Waals surface area contributed by atoms with E-state index in [2.05, 4.69) is 34.7 Å². The maximum Gasteiger partial charge on any atom is 0.219 e. The molecule has 6 heteroatoms. The lowest BCUT2D eigenvalue weighted by Gasteiger charge is -2.27. The van der Waals surface area contributed by atoms with Crippen LogP contribution < -0.4 is 4.90 Å². The van der Waals surface area contributed by atoms with Gasteiger partial charge in [-0.1, -0.05) is 6.07 Å². The molecule has 0 saturated heterocycles. The van der Waals surface area contributed by atoms with Crippen molar-refractivity contribution in [3.05, 3.63) is 38.2 Å². The number of nitrogens with zero attached hydrogens (tertiary/aromatic N) is 2. The minimum atomic E-state index is 0.111. The van der Waals surface area contributed by atoms with E-state index in [9.17, 15) is 4.79 Å². The maximum atomic E-state index is 12.0. The van der Waals surface area contributed by atoms with Gasteiger partial charge in [0.05, 0.1) is 25.4 Å². The number of hydrogen-bond donors (Lipinski definition) is 0. The van der Waals surface area contributed by atoms with Gasteiger partial charge in [0.15, 0.2) is 0 Å². The lowest BCUT2D eigenvalue weighted by atomic mass is 10.2. The Kier molecular flexibility index (Phi) is 5.92. The topological polar surface area (TPSA) is 32.8 Å². The Hall–Kier alpha value is -1.37. The number of aryl methyl sites for hydroxylation is 1. The number of anilines is 1. The first-order chi connectivity index (χ1) is 11.6. The van der Waals surface area contributed by atoms with Crippen molar-refractivity contribution >= 4 is 34.3 Å². The second kappa shape index (κ2) is 8.14. The van der Waals surface area contributed by atoms with E-state index in [0.29, 0.717) is 19.7 Å². The molecule has 0 aromatic carbocycles. The third kappa shape index (κ3) is 4.18. The second-order valence-electron chi connectivity index (χ2n) is 6.10. The Bertz CT molecular complexity index is 667. The number of hydrogen-bond acceptors (Lipinski definition) is 5. The Balaban J connectivity index is 1.91. The van der Waals surface area contributed by atoms with E-state index < -0.39 is 0 Å². The monoisotopic (exact) mass is 364 g/mol. The number of ether oxygens (including phenoxy) is 1. The van der Waals surface area contributed by atoms with Crippen molar-refractivity contribution in [1.29, 1.82) is 0 Å². The molecule has 3 heterocycles. The van der Waals surface area contributed by atoms with Crippen molar-refractivity contribution in [2.24, 2.45) is 0 Å². The molecule has 0 saturated carbocycles. The number of thiophene rings is 2. The van der Waals surface area contributed by atoms with Crippen molar-refractivity contribution in [2.45, 2.75) is 33.4 Å². The molecule has 1 amide bonds. The summed E-state index contributed by atoms with van der Waals surface area (Å²) in [7, 11) is 0. The first kappa shape index (κ1) is 17.5. The van der Waals surface area contributed by atoms with E-state index in [1.165, 1.54) is 21.0 Å². The van der Waals surface area contributed by atoms with Gasteiger partial charge in [-0.2, -0.15) is 0 Å². The van der Waals surface area contributed by atoms with Gasteiger partial charge < -0.3 is 14.5 Å². The summed E-state index contributed by atoms with van der Waals surface area (Å²) in [4.78, 5) is 19.0. The summed E-state index contributed by atoms with van der Waals surface area (Å²) < 4.78 is 5.72. The van der Waals surface area contributed by atoms with Crippen LogP contribution in [0.4, 0.5) is 5.69 Å². The molecule has 0 aliphatic carbocycles. The van der Waals surface area contributed by atoms with Crippen LogP contribution in [0.3, 0.4) is 0 Å². The van der Waals surface area contributed by atoms with Gasteiger partial charge in [0.25, 0.3) is 0 Å². The van der Waals surface area contributed by atoms with Crippen molar-refractivity contribution in [2.75, 3.05) is 31.2 Å². The van der Waals surface area contributed by atoms with Crippen LogP contribution in [0.1, 0.15) is 28.7 Å². The molecule has 0 N–H and O–H groups in total. The Morgan fingerprint density at radius 3 is 2.92 bits per heavy atom. The highest BCUT2D eigenvalue weighted by atomic mass is 32.1. The molecule has 0 unspecified atom stereocenters. The fraction of sp³-hybridized carbons (Fsp3) is 0.500. The van der Waals surface area contributed by atoms with Gasteiger partial charge in [-0.3, -0.25) is 4.79 Å². The predicted molar refractivity (Wildman–Crippen MR) is 101 cm³/mol. The quantitative estimate of drug-likeness (QED) is 0.810. The highest BCUT2D eigenvalue weighted by Gasteiger charge is 2.21. The molecule has 0 spiro atoms. The van der Waals surface area contributed by atoms with Crippen LogP contribution in [0.2, 0.25) is 0 Å². The zero-order chi connectivity index (χ0) is 16.9. The lowest BCUT2D eigenvalue weighted by Crippen LogP contribution is -2.31. The summed E-state index contributed by atoms with van der Waals surface area (Å²) in [6.07, 6.45) is 1.00. The molecular formula is C18H24N2O2S2. The number of carbonyl (C=O) groups excluding carboxylic acids is 1. The molecule has 0 fully saturated rings. The summed E-state index contributed by atoms with van der Waals surface area (Å²) in [5.41, 5.74) is 2.61. The number of carbonyl (C=O) groups is 1. The first-order valence-corrected chi connectivity index (χ1v) is 10.1. The Morgan fingerprint density at radius 2 is 2.17 bits per heavy atom. The lowest BCUT2D eigenvalue weighted by molar-refractivity contribution is -0.130. The van der Waals surface area contributed by atoms with E-state index in [0.717, 1.165) is 26.1 Å². The average molecular weight is 365 g/mol. The number of amides is 1. The zero-order valence-corrected chi connectivity index (χ0v) is 15.9. The standard InChI is InChI=1S/C18H24N2O2S2/c1-14-13-24-17-12-19(15(2)21)7-9-22-8-4-6-20(18(14)17)11-16-5-3-10-23-16/h3,5,10,13H,4,6-9,11-12H2,1-2H3. The molecule has 1 aliphatic rings. The molecule has 130 valence electrons. The van der Waals surface area contributed by atoms with E-state index >= 15 is 0 Å². The van der Waals surface area contributed by atoms with Crippen molar-refractivity contribution in [1.82, 2.24) is 4.90 Å². The highest BCUT2D eigenvalue weighted by molar-refractivity contribution is 7.10. The van der Waals surface area contributed by atoms with Crippen LogP contribution in [-0.4, -0.2) is 37.1 Å². The van der Waals surface area contributed by atoms with Gasteiger partial charge in [-0.15, -0.1) is 22.7 Å². The third-order valence-corrected chi connectivity index (χ3v) is 6.20. The van der Waals surface area contributed by atoms with E-state index in [1.54, 1.807) is 29.6 Å². The fourth-order valence-electron chi connectivity index (χ4n) is 3.05. The smallest absolute Gasteiger partial charge is 0.219 e. The van der Waals surface area contributed by atoms with Crippen LogP contribution in [0.25, 0.3) is 0 Å². The molecule has 2 aromatic heterocycles. The van der Waals surface area contributed by atoms with Crippen LogP contribution in [0.5, 0.6) is 0 Å². The molecule has 3 rings (SSSR count). The SMILES string of the molecule is CC(=O)N1CCOCCCN(Cc2cccs2)c2c(C)csc2C1. The van der Waals surface area contributed by atoms with Crippen molar-refractivity contribution < 1.29 is 9.53 Å². The highest BCUT2D eigenvalue weighted by Crippen LogP contribution is 2.34. The van der Waals surface area contributed by atoms with Crippen LogP contribution in [0, 0.1) is 6.92 Å². The van der Waals surface area contributed by atoms with Crippen molar-refractivity contribution in [3.8, 4) is 0 Å². The normalized spacial score (nSPS) is 16.6. The summed E-state index contributed by atoms with van der Waals surface area (Å²) in [5.74, 6) is 0.111. The molecule has 0 bridgehead atoms.